The third-order valence-corrected chi connectivity index (χ3v) is 4.85. The molecular formula is C20H18ClN7S. The number of rotatable bonds is 3. The van der Waals surface area contributed by atoms with Crippen LogP contribution in [0.15, 0.2) is 58.5 Å². The zero-order valence-corrected chi connectivity index (χ0v) is 17.4. The van der Waals surface area contributed by atoms with Gasteiger partial charge in [-0.05, 0) is 30.7 Å². The molecule has 0 bridgehead atoms. The minimum atomic E-state index is 0.476. The summed E-state index contributed by atoms with van der Waals surface area (Å²) in [6.07, 6.45) is 3.46. The number of H-pyrrole nitrogens is 1. The number of hydrogen-bond acceptors (Lipinski definition) is 6. The van der Waals surface area contributed by atoms with E-state index in [2.05, 4.69) is 24.9 Å². The van der Waals surface area contributed by atoms with E-state index in [1.807, 2.05) is 53.2 Å². The molecule has 146 valence electrons. The van der Waals surface area contributed by atoms with Gasteiger partial charge in [0.2, 0.25) is 6.19 Å². The van der Waals surface area contributed by atoms with Crippen molar-refractivity contribution in [2.24, 2.45) is 4.99 Å². The summed E-state index contributed by atoms with van der Waals surface area (Å²) in [4.78, 5) is 21.4. The normalized spacial score (nSPS) is 10.9. The summed E-state index contributed by atoms with van der Waals surface area (Å²) in [5, 5.41) is 10.9. The highest BCUT2D eigenvalue weighted by molar-refractivity contribution is 7.07. The van der Waals surface area contributed by atoms with Crippen LogP contribution in [0.2, 0.25) is 5.15 Å². The van der Waals surface area contributed by atoms with Gasteiger partial charge in [-0.2, -0.15) is 10.3 Å². The molecule has 0 saturated carbocycles. The highest BCUT2D eigenvalue weighted by atomic mass is 35.5. The van der Waals surface area contributed by atoms with Crippen LogP contribution in [0, 0.1) is 11.5 Å². The van der Waals surface area contributed by atoms with Crippen molar-refractivity contribution in [3.8, 4) is 17.7 Å². The molecular weight excluding hydrogens is 406 g/mol. The number of fused-ring (bicyclic) bond motifs is 1. The third kappa shape index (κ3) is 5.60. The fourth-order valence-corrected chi connectivity index (χ4v) is 3.10. The Balaban J connectivity index is 0.000000166. The van der Waals surface area contributed by atoms with Gasteiger partial charge in [0.1, 0.15) is 16.7 Å². The molecule has 0 fully saturated rings. The van der Waals surface area contributed by atoms with Gasteiger partial charge in [0.25, 0.3) is 0 Å². The van der Waals surface area contributed by atoms with Gasteiger partial charge in [0, 0.05) is 25.2 Å². The average molecular weight is 424 g/mol. The maximum Gasteiger partial charge on any atom is 0.207 e. The molecule has 3 heterocycles. The summed E-state index contributed by atoms with van der Waals surface area (Å²) in [6, 6.07) is 11.6. The van der Waals surface area contributed by atoms with Crippen molar-refractivity contribution in [1.29, 1.82) is 5.26 Å². The number of aromatic amines is 1. The maximum absolute atomic E-state index is 8.39. The highest BCUT2D eigenvalue weighted by Crippen LogP contribution is 2.19. The number of imidazole rings is 1. The number of aliphatic imine (C=N–C) groups is 1. The zero-order chi connectivity index (χ0) is 20.6. The number of benzene rings is 1. The minimum absolute atomic E-state index is 0.476. The fraction of sp³-hybridized carbons (Fsp3) is 0.150. The van der Waals surface area contributed by atoms with E-state index in [9.17, 15) is 0 Å². The second-order valence-electron chi connectivity index (χ2n) is 6.08. The SMILES string of the molecule is CC(=NC#N)N(C)Cc1ccc(Cl)nc1.c1ccc2[nH]c(-c3cscn3)nc2c1. The van der Waals surface area contributed by atoms with Gasteiger partial charge in [-0.25, -0.2) is 15.0 Å². The molecule has 7 nitrogen and oxygen atoms in total. The van der Waals surface area contributed by atoms with E-state index >= 15 is 0 Å². The lowest BCUT2D eigenvalue weighted by Crippen LogP contribution is -2.23. The Kier molecular flexibility index (Phi) is 6.89. The zero-order valence-electron chi connectivity index (χ0n) is 15.9. The predicted molar refractivity (Wildman–Crippen MR) is 117 cm³/mol. The smallest absolute Gasteiger partial charge is 0.207 e. The molecule has 0 aliphatic heterocycles. The average Bonchev–Trinajstić information content (AvgIpc) is 3.40. The van der Waals surface area contributed by atoms with Crippen LogP contribution in [0.4, 0.5) is 0 Å². The van der Waals surface area contributed by atoms with Crippen LogP contribution in [0.5, 0.6) is 0 Å². The largest absolute Gasteiger partial charge is 0.358 e. The Morgan fingerprint density at radius 3 is 2.76 bits per heavy atom. The molecule has 0 atom stereocenters. The van der Waals surface area contributed by atoms with E-state index < -0.39 is 0 Å². The van der Waals surface area contributed by atoms with Crippen molar-refractivity contribution in [2.45, 2.75) is 13.5 Å². The topological polar surface area (TPSA) is 93.8 Å². The van der Waals surface area contributed by atoms with E-state index in [0.29, 0.717) is 17.5 Å². The molecule has 4 rings (SSSR count). The number of amidine groups is 1. The van der Waals surface area contributed by atoms with Crippen LogP contribution < -0.4 is 0 Å². The number of hydrogen-bond donors (Lipinski definition) is 1. The van der Waals surface area contributed by atoms with Crippen LogP contribution in [0.3, 0.4) is 0 Å². The first-order valence-corrected chi connectivity index (χ1v) is 9.97. The van der Waals surface area contributed by atoms with Gasteiger partial charge in [-0.3, -0.25) is 0 Å². The van der Waals surface area contributed by atoms with Crippen LogP contribution >= 0.6 is 22.9 Å². The van der Waals surface area contributed by atoms with E-state index in [1.165, 1.54) is 0 Å². The van der Waals surface area contributed by atoms with Crippen molar-refractivity contribution in [3.63, 3.8) is 0 Å². The quantitative estimate of drug-likeness (QED) is 0.222. The number of nitriles is 1. The van der Waals surface area contributed by atoms with Gasteiger partial charge in [-0.1, -0.05) is 29.8 Å². The Morgan fingerprint density at radius 1 is 1.28 bits per heavy atom. The summed E-state index contributed by atoms with van der Waals surface area (Å²) in [7, 11) is 1.87. The van der Waals surface area contributed by atoms with E-state index in [4.69, 9.17) is 16.9 Å². The van der Waals surface area contributed by atoms with Gasteiger partial charge in [0.15, 0.2) is 5.82 Å². The first-order chi connectivity index (χ1) is 14.1. The first-order valence-electron chi connectivity index (χ1n) is 8.65. The number of pyridine rings is 1. The monoisotopic (exact) mass is 423 g/mol. The summed E-state index contributed by atoms with van der Waals surface area (Å²) in [5.41, 5.74) is 5.77. The van der Waals surface area contributed by atoms with Gasteiger partial charge in [0.05, 0.1) is 16.5 Å². The first kappa shape index (κ1) is 20.5. The van der Waals surface area contributed by atoms with Crippen molar-refractivity contribution < 1.29 is 0 Å². The lowest BCUT2D eigenvalue weighted by molar-refractivity contribution is 0.497. The molecule has 0 aliphatic rings. The lowest BCUT2D eigenvalue weighted by Gasteiger charge is -2.17. The second-order valence-corrected chi connectivity index (χ2v) is 7.19. The molecule has 1 N–H and O–H groups in total. The third-order valence-electron chi connectivity index (χ3n) is 4.04. The highest BCUT2D eigenvalue weighted by Gasteiger charge is 2.05. The molecule has 3 aromatic heterocycles. The number of nitrogens with one attached hydrogen (secondary N) is 1. The number of thiazole rings is 1. The molecule has 0 saturated heterocycles. The van der Waals surface area contributed by atoms with Crippen LogP contribution in [-0.4, -0.2) is 37.7 Å². The summed E-state index contributed by atoms with van der Waals surface area (Å²) in [5.74, 6) is 1.51. The molecule has 0 spiro atoms. The van der Waals surface area contributed by atoms with Crippen LogP contribution in [0.25, 0.3) is 22.6 Å². The number of aromatic nitrogens is 4. The second kappa shape index (κ2) is 9.78. The van der Waals surface area contributed by atoms with E-state index in [0.717, 1.165) is 28.1 Å². The molecule has 0 amide bonds. The van der Waals surface area contributed by atoms with E-state index in [-0.39, 0.29) is 0 Å². The van der Waals surface area contributed by atoms with Gasteiger partial charge < -0.3 is 9.88 Å². The van der Waals surface area contributed by atoms with Gasteiger partial charge in [-0.15, -0.1) is 11.3 Å². The molecule has 0 unspecified atom stereocenters. The van der Waals surface area contributed by atoms with Crippen molar-refractivity contribution in [2.75, 3.05) is 7.05 Å². The number of nitrogens with zero attached hydrogens (tertiary/aromatic N) is 6. The Morgan fingerprint density at radius 2 is 2.10 bits per heavy atom. The summed E-state index contributed by atoms with van der Waals surface area (Å²) in [6.45, 7) is 2.44. The Labute approximate surface area is 177 Å². The molecule has 9 heteroatoms. The summed E-state index contributed by atoms with van der Waals surface area (Å²) >= 11 is 7.24. The molecule has 1 aromatic carbocycles. The molecule has 4 aromatic rings. The van der Waals surface area contributed by atoms with Crippen molar-refractivity contribution in [3.05, 3.63) is 64.2 Å². The Bertz CT molecular complexity index is 1090. The lowest BCUT2D eigenvalue weighted by atomic mass is 10.3. The predicted octanol–water partition coefficient (Wildman–Crippen LogP) is 4.75. The van der Waals surface area contributed by atoms with Crippen LogP contribution in [-0.2, 0) is 6.54 Å². The Hall–Kier alpha value is -3.28. The molecule has 0 radical (unpaired) electrons. The molecule has 29 heavy (non-hydrogen) atoms. The van der Waals surface area contributed by atoms with Crippen molar-refractivity contribution >= 4 is 39.8 Å². The molecule has 0 aliphatic carbocycles. The number of halogens is 1. The number of para-hydroxylation sites is 2. The van der Waals surface area contributed by atoms with Gasteiger partial charge >= 0.3 is 0 Å². The van der Waals surface area contributed by atoms with E-state index in [1.54, 1.807) is 36.7 Å². The van der Waals surface area contributed by atoms with Crippen LogP contribution in [0.1, 0.15) is 12.5 Å². The standard InChI is InChI=1S/C10H11ClN4.C10H7N3S/c1-8(14-7-12)15(2)6-9-3-4-10(11)13-5-9;1-2-4-8-7(3-1)12-10(13-8)9-5-14-6-11-9/h3-5H,6H2,1-2H3;1-6H,(H,12,13). The fourth-order valence-electron chi connectivity index (χ4n) is 2.45. The maximum atomic E-state index is 8.39. The van der Waals surface area contributed by atoms with Crippen molar-refractivity contribution in [1.82, 2.24) is 24.8 Å². The minimum Gasteiger partial charge on any atom is -0.358 e. The summed E-state index contributed by atoms with van der Waals surface area (Å²) < 4.78 is 0.